The molecule has 0 unspecified atom stereocenters. The average molecular weight is 434 g/mol. The SMILES string of the molecule is Cc1csc([C@@H](C#N)C(=O)CSc2nc(-c3ccccc3)c3c(C)cc(C)nn23)n1. The Kier molecular flexibility index (Phi) is 5.66. The first-order valence-corrected chi connectivity index (χ1v) is 11.2. The van der Waals surface area contributed by atoms with Gasteiger partial charge in [0.1, 0.15) is 5.01 Å². The molecule has 4 aromatic rings. The number of ketones is 1. The summed E-state index contributed by atoms with van der Waals surface area (Å²) in [6, 6.07) is 14.1. The van der Waals surface area contributed by atoms with Crippen molar-refractivity contribution >= 4 is 34.4 Å². The molecular formula is C22H19N5OS2. The lowest BCUT2D eigenvalue weighted by Gasteiger charge is -2.06. The van der Waals surface area contributed by atoms with Crippen LogP contribution in [0.1, 0.15) is 27.9 Å². The van der Waals surface area contributed by atoms with E-state index in [4.69, 9.17) is 4.98 Å². The van der Waals surface area contributed by atoms with E-state index in [-0.39, 0.29) is 11.5 Å². The summed E-state index contributed by atoms with van der Waals surface area (Å²) in [6.45, 7) is 5.82. The molecule has 150 valence electrons. The first kappa shape index (κ1) is 20.3. The van der Waals surface area contributed by atoms with Gasteiger partial charge in [0.25, 0.3) is 0 Å². The molecule has 8 heteroatoms. The van der Waals surface area contributed by atoms with E-state index >= 15 is 0 Å². The topological polar surface area (TPSA) is 83.9 Å². The number of nitrogens with zero attached hydrogens (tertiary/aromatic N) is 5. The number of hydrogen-bond donors (Lipinski definition) is 0. The van der Waals surface area contributed by atoms with Crippen molar-refractivity contribution in [3.63, 3.8) is 0 Å². The molecule has 0 saturated heterocycles. The molecule has 0 spiro atoms. The lowest BCUT2D eigenvalue weighted by Crippen LogP contribution is -2.13. The summed E-state index contributed by atoms with van der Waals surface area (Å²) in [5.74, 6) is -0.912. The first-order valence-electron chi connectivity index (χ1n) is 9.37. The van der Waals surface area contributed by atoms with E-state index in [0.29, 0.717) is 10.2 Å². The van der Waals surface area contributed by atoms with Crippen LogP contribution in [0.15, 0.2) is 46.9 Å². The van der Waals surface area contributed by atoms with E-state index in [2.05, 4.69) is 16.2 Å². The summed E-state index contributed by atoms with van der Waals surface area (Å²) in [5.41, 5.74) is 5.52. The Labute approximate surface area is 182 Å². The van der Waals surface area contributed by atoms with Crippen LogP contribution in [0.2, 0.25) is 0 Å². The molecule has 0 fully saturated rings. The van der Waals surface area contributed by atoms with Gasteiger partial charge in [-0.15, -0.1) is 11.3 Å². The summed E-state index contributed by atoms with van der Waals surface area (Å²) in [5, 5.41) is 17.2. The van der Waals surface area contributed by atoms with Gasteiger partial charge < -0.3 is 0 Å². The number of aryl methyl sites for hydroxylation is 3. The van der Waals surface area contributed by atoms with Crippen molar-refractivity contribution < 1.29 is 4.79 Å². The van der Waals surface area contributed by atoms with Gasteiger partial charge in [0, 0.05) is 16.6 Å². The number of benzene rings is 1. The predicted octanol–water partition coefficient (Wildman–Crippen LogP) is 4.75. The minimum atomic E-state index is -0.854. The van der Waals surface area contributed by atoms with Gasteiger partial charge in [-0.25, -0.2) is 14.5 Å². The molecule has 30 heavy (non-hydrogen) atoms. The first-order chi connectivity index (χ1) is 14.5. The summed E-state index contributed by atoms with van der Waals surface area (Å²) >= 11 is 2.64. The quantitative estimate of drug-likeness (QED) is 0.408. The van der Waals surface area contributed by atoms with Crippen molar-refractivity contribution in [1.82, 2.24) is 19.6 Å². The van der Waals surface area contributed by atoms with Crippen molar-refractivity contribution in [3.05, 3.63) is 63.7 Å². The minimum Gasteiger partial charge on any atom is -0.297 e. The van der Waals surface area contributed by atoms with Gasteiger partial charge in [-0.05, 0) is 32.4 Å². The number of aromatic nitrogens is 4. The summed E-state index contributed by atoms with van der Waals surface area (Å²) < 4.78 is 1.81. The number of thiazole rings is 1. The molecule has 0 radical (unpaired) electrons. The number of imidazole rings is 1. The highest BCUT2D eigenvalue weighted by atomic mass is 32.2. The molecule has 0 amide bonds. The van der Waals surface area contributed by atoms with E-state index in [1.165, 1.54) is 23.1 Å². The van der Waals surface area contributed by atoms with Gasteiger partial charge >= 0.3 is 0 Å². The van der Waals surface area contributed by atoms with Crippen LogP contribution in [-0.2, 0) is 4.79 Å². The van der Waals surface area contributed by atoms with E-state index < -0.39 is 5.92 Å². The fraction of sp³-hybridized carbons (Fsp3) is 0.227. The number of nitriles is 1. The lowest BCUT2D eigenvalue weighted by molar-refractivity contribution is -0.116. The fourth-order valence-electron chi connectivity index (χ4n) is 3.29. The Bertz CT molecular complexity index is 1270. The van der Waals surface area contributed by atoms with Gasteiger partial charge in [-0.3, -0.25) is 4.79 Å². The monoisotopic (exact) mass is 433 g/mol. The highest BCUT2D eigenvalue weighted by molar-refractivity contribution is 7.99. The lowest BCUT2D eigenvalue weighted by atomic mass is 10.1. The number of carbonyl (C=O) groups excluding carboxylic acids is 1. The number of fused-ring (bicyclic) bond motifs is 1. The van der Waals surface area contributed by atoms with Crippen LogP contribution >= 0.6 is 23.1 Å². The molecule has 0 aliphatic rings. The molecule has 3 aromatic heterocycles. The Balaban J connectivity index is 1.68. The molecule has 6 nitrogen and oxygen atoms in total. The smallest absolute Gasteiger partial charge is 0.190 e. The van der Waals surface area contributed by atoms with Gasteiger partial charge in [0.15, 0.2) is 16.9 Å². The average Bonchev–Trinajstić information content (AvgIpc) is 3.31. The molecule has 3 heterocycles. The van der Waals surface area contributed by atoms with Gasteiger partial charge in [-0.2, -0.15) is 10.4 Å². The molecule has 0 aliphatic heterocycles. The van der Waals surface area contributed by atoms with E-state index in [1.54, 1.807) is 4.52 Å². The molecule has 0 aliphatic carbocycles. The zero-order valence-corrected chi connectivity index (χ0v) is 18.4. The van der Waals surface area contributed by atoms with Crippen LogP contribution in [0.3, 0.4) is 0 Å². The molecule has 4 rings (SSSR count). The predicted molar refractivity (Wildman–Crippen MR) is 119 cm³/mol. The number of hydrogen-bond acceptors (Lipinski definition) is 7. The minimum absolute atomic E-state index is 0.124. The van der Waals surface area contributed by atoms with Crippen molar-refractivity contribution in [1.29, 1.82) is 5.26 Å². The largest absolute Gasteiger partial charge is 0.297 e. The van der Waals surface area contributed by atoms with Crippen LogP contribution in [0.25, 0.3) is 16.8 Å². The van der Waals surface area contributed by atoms with Crippen LogP contribution in [0, 0.1) is 32.1 Å². The third-order valence-electron chi connectivity index (χ3n) is 4.61. The summed E-state index contributed by atoms with van der Waals surface area (Å²) in [4.78, 5) is 21.9. The standard InChI is InChI=1S/C22H19N5OS2/c1-13-9-14(2)26-27-20(13)19(16-7-5-4-6-8-16)25-22(27)30-12-18(28)17(10-23)21-24-15(3)11-29-21/h4-9,11,17H,12H2,1-3H3/t17-/m0/s1. The second-order valence-electron chi connectivity index (χ2n) is 6.98. The number of rotatable bonds is 6. The van der Waals surface area contributed by atoms with Crippen molar-refractivity contribution in [3.8, 4) is 17.3 Å². The molecular weight excluding hydrogens is 414 g/mol. The Hall–Kier alpha value is -3.02. The Morgan fingerprint density at radius 1 is 1.20 bits per heavy atom. The second kappa shape index (κ2) is 8.38. The summed E-state index contributed by atoms with van der Waals surface area (Å²) in [6.07, 6.45) is 0. The second-order valence-corrected chi connectivity index (χ2v) is 8.81. The zero-order valence-electron chi connectivity index (χ0n) is 16.8. The van der Waals surface area contributed by atoms with Crippen LogP contribution in [-0.4, -0.2) is 31.1 Å². The highest BCUT2D eigenvalue weighted by Gasteiger charge is 2.25. The highest BCUT2D eigenvalue weighted by Crippen LogP contribution is 2.31. The third kappa shape index (κ3) is 3.86. The van der Waals surface area contributed by atoms with Crippen LogP contribution in [0.4, 0.5) is 0 Å². The molecule has 0 bridgehead atoms. The number of thioether (sulfide) groups is 1. The van der Waals surface area contributed by atoms with Crippen LogP contribution in [0.5, 0.6) is 0 Å². The third-order valence-corrected chi connectivity index (χ3v) is 6.59. The molecule has 0 saturated carbocycles. The number of Topliss-reactive ketones (excluding diaryl/α,β-unsaturated/α-hetero) is 1. The van der Waals surface area contributed by atoms with E-state index in [0.717, 1.165) is 33.7 Å². The summed E-state index contributed by atoms with van der Waals surface area (Å²) in [7, 11) is 0. The maximum absolute atomic E-state index is 12.8. The number of carbonyl (C=O) groups is 1. The normalized spacial score (nSPS) is 12.1. The van der Waals surface area contributed by atoms with Crippen molar-refractivity contribution in [2.24, 2.45) is 0 Å². The van der Waals surface area contributed by atoms with Crippen LogP contribution < -0.4 is 0 Å². The molecule has 1 aromatic carbocycles. The van der Waals surface area contributed by atoms with Crippen molar-refractivity contribution in [2.75, 3.05) is 5.75 Å². The van der Waals surface area contributed by atoms with Crippen molar-refractivity contribution in [2.45, 2.75) is 31.8 Å². The Morgan fingerprint density at radius 2 is 1.97 bits per heavy atom. The van der Waals surface area contributed by atoms with Gasteiger partial charge in [0.05, 0.1) is 28.7 Å². The molecule has 0 N–H and O–H groups in total. The maximum Gasteiger partial charge on any atom is 0.190 e. The van der Waals surface area contributed by atoms with Gasteiger partial charge in [0.2, 0.25) is 0 Å². The van der Waals surface area contributed by atoms with E-state index in [9.17, 15) is 10.1 Å². The van der Waals surface area contributed by atoms with Gasteiger partial charge in [-0.1, -0.05) is 42.1 Å². The fourth-order valence-corrected chi connectivity index (χ4v) is 5.00. The zero-order chi connectivity index (χ0) is 21.3. The molecule has 1 atom stereocenters. The van der Waals surface area contributed by atoms with E-state index in [1.807, 2.05) is 62.5 Å². The Morgan fingerprint density at radius 3 is 2.63 bits per heavy atom. The maximum atomic E-state index is 12.8.